The van der Waals surface area contributed by atoms with Gasteiger partial charge in [0.05, 0.1) is 11.3 Å². The summed E-state index contributed by atoms with van der Waals surface area (Å²) in [6.45, 7) is 3.94. The molecule has 2 aromatic rings. The number of hydrogen-bond donors (Lipinski definition) is 2. The largest absolute Gasteiger partial charge is 0.481 e. The number of carbonyl (C=O) groups excluding carboxylic acids is 1. The molecule has 0 aliphatic carbocycles. The van der Waals surface area contributed by atoms with Crippen molar-refractivity contribution >= 4 is 48.3 Å². The average molecular weight is 457 g/mol. The number of aliphatic carboxylic acids is 1. The van der Waals surface area contributed by atoms with E-state index in [1.54, 1.807) is 12.1 Å². The van der Waals surface area contributed by atoms with Gasteiger partial charge in [-0.2, -0.15) is 13.2 Å². The number of rotatable bonds is 9. The predicted octanol–water partition coefficient (Wildman–Crippen LogP) is 4.00. The number of benzene rings is 1. The maximum atomic E-state index is 12.9. The predicted molar refractivity (Wildman–Crippen MR) is 117 cm³/mol. The van der Waals surface area contributed by atoms with Crippen LogP contribution >= 0.6 is 23.1 Å². The Bertz CT molecular complexity index is 892. The summed E-state index contributed by atoms with van der Waals surface area (Å²) < 4.78 is 38.6. The van der Waals surface area contributed by atoms with E-state index in [0.717, 1.165) is 32.8 Å². The Kier molecular flexibility index (Phi) is 8.43. The Morgan fingerprint density at radius 3 is 2.43 bits per heavy atom. The van der Waals surface area contributed by atoms with Gasteiger partial charge in [-0.1, -0.05) is 16.6 Å². The van der Waals surface area contributed by atoms with Crippen LogP contribution in [0, 0.1) is 13.8 Å². The van der Waals surface area contributed by atoms with E-state index in [-0.39, 0.29) is 19.4 Å². The lowest BCUT2D eigenvalue weighted by Crippen LogP contribution is -2.25. The molecule has 0 bridgehead atoms. The topological polar surface area (TPSA) is 66.4 Å². The minimum absolute atomic E-state index is 0.00439. The lowest BCUT2D eigenvalue weighted by molar-refractivity contribution is -0.137. The van der Waals surface area contributed by atoms with E-state index in [9.17, 15) is 22.8 Å². The molecule has 10 heteroatoms. The molecule has 30 heavy (non-hydrogen) atoms. The van der Waals surface area contributed by atoms with Crippen LogP contribution in [-0.2, 0) is 4.79 Å². The number of amides is 1. The van der Waals surface area contributed by atoms with E-state index in [2.05, 4.69) is 5.32 Å². The van der Waals surface area contributed by atoms with Gasteiger partial charge in [0.1, 0.15) is 7.85 Å². The van der Waals surface area contributed by atoms with Crippen LogP contribution in [0.1, 0.15) is 50.2 Å². The molecule has 0 radical (unpaired) electrons. The van der Waals surface area contributed by atoms with Crippen LogP contribution in [0.5, 0.6) is 0 Å². The number of hydrogen-bond acceptors (Lipinski definition) is 4. The molecule has 4 nitrogen and oxygen atoms in total. The lowest BCUT2D eigenvalue weighted by Gasteiger charge is -2.18. The van der Waals surface area contributed by atoms with Crippen LogP contribution in [0.15, 0.2) is 29.2 Å². The van der Waals surface area contributed by atoms with Gasteiger partial charge in [-0.05, 0) is 44.5 Å². The second-order valence-electron chi connectivity index (χ2n) is 7.04. The molecule has 162 valence electrons. The van der Waals surface area contributed by atoms with E-state index >= 15 is 0 Å². The molecular formula is C20H23BF3NO3S2. The molecule has 2 N–H and O–H groups in total. The Labute approximate surface area is 182 Å². The second-order valence-corrected chi connectivity index (χ2v) is 9.44. The van der Waals surface area contributed by atoms with E-state index < -0.39 is 29.7 Å². The number of halogens is 3. The molecule has 0 aliphatic heterocycles. The monoisotopic (exact) mass is 457 g/mol. The SMILES string of the molecule is Bc1c(C)cc(SC(CCC(F)(F)F)c2ccc(C(=O)NCCC(=O)O)s2)cc1C. The quantitative estimate of drug-likeness (QED) is 0.441. The first kappa shape index (κ1) is 24.3. The first-order valence-corrected chi connectivity index (χ1v) is 11.1. The Balaban J connectivity index is 2.20. The second kappa shape index (κ2) is 10.4. The molecule has 1 heterocycles. The summed E-state index contributed by atoms with van der Waals surface area (Å²) in [4.78, 5) is 24.7. The molecule has 0 fully saturated rings. The number of aryl methyl sites for hydroxylation is 2. The first-order chi connectivity index (χ1) is 14.0. The zero-order valence-electron chi connectivity index (χ0n) is 16.9. The molecule has 0 aliphatic rings. The fourth-order valence-electron chi connectivity index (χ4n) is 2.80. The fraction of sp³-hybridized carbons (Fsp3) is 0.400. The summed E-state index contributed by atoms with van der Waals surface area (Å²) in [5.41, 5.74) is 3.32. The van der Waals surface area contributed by atoms with Crippen molar-refractivity contribution in [1.29, 1.82) is 0 Å². The zero-order chi connectivity index (χ0) is 22.5. The molecule has 1 unspecified atom stereocenters. The zero-order valence-corrected chi connectivity index (χ0v) is 18.6. The standard InChI is InChI=1S/C20H23BF3NO3S2/c1-11-9-13(10-12(2)18(11)21)29-15(5-7-20(22,23)24)14-3-4-16(30-14)19(28)25-8-6-17(26)27/h3-4,9-10,15H,5-8,21H2,1-2H3,(H,25,28)(H,26,27). The average Bonchev–Trinajstić information content (AvgIpc) is 3.12. The highest BCUT2D eigenvalue weighted by atomic mass is 32.2. The van der Waals surface area contributed by atoms with E-state index in [1.165, 1.54) is 11.8 Å². The number of alkyl halides is 3. The number of carbonyl (C=O) groups is 2. The molecule has 0 spiro atoms. The normalized spacial score (nSPS) is 12.6. The minimum Gasteiger partial charge on any atom is -0.481 e. The number of thiophene rings is 1. The van der Waals surface area contributed by atoms with Crippen molar-refractivity contribution in [2.75, 3.05) is 6.54 Å². The van der Waals surface area contributed by atoms with Gasteiger partial charge in [0.25, 0.3) is 5.91 Å². The van der Waals surface area contributed by atoms with E-state index in [0.29, 0.717) is 9.75 Å². The molecule has 1 aromatic carbocycles. The molecule has 0 saturated heterocycles. The third-order valence-electron chi connectivity index (χ3n) is 4.66. The highest BCUT2D eigenvalue weighted by Gasteiger charge is 2.30. The first-order valence-electron chi connectivity index (χ1n) is 9.37. The number of thioether (sulfide) groups is 1. The van der Waals surface area contributed by atoms with Crippen molar-refractivity contribution in [3.8, 4) is 0 Å². The maximum Gasteiger partial charge on any atom is 0.389 e. The highest BCUT2D eigenvalue weighted by molar-refractivity contribution is 7.99. The molecular weight excluding hydrogens is 434 g/mol. The van der Waals surface area contributed by atoms with Gasteiger partial charge in [-0.3, -0.25) is 9.59 Å². The summed E-state index contributed by atoms with van der Waals surface area (Å²) in [6.07, 6.45) is -5.46. The summed E-state index contributed by atoms with van der Waals surface area (Å²) in [7, 11) is 2.01. The Morgan fingerprint density at radius 1 is 1.23 bits per heavy atom. The van der Waals surface area contributed by atoms with Crippen molar-refractivity contribution in [2.45, 2.75) is 49.4 Å². The number of carboxylic acids is 1. The fourth-order valence-corrected chi connectivity index (χ4v) is 5.28. The molecule has 1 aromatic heterocycles. The summed E-state index contributed by atoms with van der Waals surface area (Å²) in [5.74, 6) is -1.44. The third kappa shape index (κ3) is 7.39. The molecule has 1 atom stereocenters. The molecule has 2 rings (SSSR count). The van der Waals surface area contributed by atoms with Crippen molar-refractivity contribution < 1.29 is 27.9 Å². The van der Waals surface area contributed by atoms with Gasteiger partial charge in [-0.15, -0.1) is 23.1 Å². The third-order valence-corrected chi connectivity index (χ3v) is 7.29. The smallest absolute Gasteiger partial charge is 0.389 e. The number of carboxylic acid groups (broad SMARTS) is 1. The van der Waals surface area contributed by atoms with Crippen LogP contribution in [0.25, 0.3) is 0 Å². The summed E-state index contributed by atoms with van der Waals surface area (Å²) in [6, 6.07) is 7.20. The summed E-state index contributed by atoms with van der Waals surface area (Å²) >= 11 is 2.51. The van der Waals surface area contributed by atoms with Crippen LogP contribution in [0.4, 0.5) is 13.2 Å². The van der Waals surface area contributed by atoms with Crippen LogP contribution in [0.3, 0.4) is 0 Å². The van der Waals surface area contributed by atoms with Gasteiger partial charge < -0.3 is 10.4 Å². The Hall–Kier alpha value is -1.94. The van der Waals surface area contributed by atoms with Crippen LogP contribution in [-0.4, -0.2) is 37.6 Å². The van der Waals surface area contributed by atoms with Crippen molar-refractivity contribution in [2.24, 2.45) is 0 Å². The van der Waals surface area contributed by atoms with Crippen LogP contribution < -0.4 is 10.8 Å². The van der Waals surface area contributed by atoms with Crippen molar-refractivity contribution in [3.05, 3.63) is 45.1 Å². The van der Waals surface area contributed by atoms with Gasteiger partial charge >= 0.3 is 12.1 Å². The lowest BCUT2D eigenvalue weighted by atomic mass is 9.87. The van der Waals surface area contributed by atoms with E-state index in [1.807, 2.05) is 33.8 Å². The van der Waals surface area contributed by atoms with Gasteiger partial charge in [-0.25, -0.2) is 0 Å². The highest BCUT2D eigenvalue weighted by Crippen LogP contribution is 2.43. The van der Waals surface area contributed by atoms with Gasteiger partial charge in [0.15, 0.2) is 0 Å². The van der Waals surface area contributed by atoms with Crippen molar-refractivity contribution in [1.82, 2.24) is 5.32 Å². The van der Waals surface area contributed by atoms with Gasteiger partial charge in [0, 0.05) is 28.0 Å². The van der Waals surface area contributed by atoms with Crippen LogP contribution in [0.2, 0.25) is 0 Å². The summed E-state index contributed by atoms with van der Waals surface area (Å²) in [5, 5.41) is 10.7. The molecule has 1 amide bonds. The van der Waals surface area contributed by atoms with Gasteiger partial charge in [0.2, 0.25) is 0 Å². The Morgan fingerprint density at radius 2 is 1.87 bits per heavy atom. The van der Waals surface area contributed by atoms with E-state index in [4.69, 9.17) is 5.11 Å². The minimum atomic E-state index is -4.26. The molecule has 0 saturated carbocycles. The van der Waals surface area contributed by atoms with Crippen molar-refractivity contribution in [3.63, 3.8) is 0 Å². The maximum absolute atomic E-state index is 12.9. The number of nitrogens with one attached hydrogen (secondary N) is 1.